The molecule has 1 aliphatic heterocycles. The molecule has 3 rings (SSSR count). The van der Waals surface area contributed by atoms with Crippen LogP contribution in [-0.2, 0) is 16.0 Å². The van der Waals surface area contributed by atoms with Gasteiger partial charge in [0.1, 0.15) is 6.61 Å². The van der Waals surface area contributed by atoms with Crippen LogP contribution < -0.4 is 5.73 Å². The molecule has 2 aromatic rings. The fraction of sp³-hybridized carbons (Fsp3) is 0.158. The van der Waals surface area contributed by atoms with Crippen LogP contribution >= 0.6 is 0 Å². The van der Waals surface area contributed by atoms with E-state index in [9.17, 15) is 9.59 Å². The zero-order valence-electron chi connectivity index (χ0n) is 13.1. The molecular weight excluding hydrogens is 304 g/mol. The Labute approximate surface area is 140 Å². The van der Waals surface area contributed by atoms with Gasteiger partial charge in [-0.05, 0) is 35.8 Å². The van der Waals surface area contributed by atoms with E-state index in [2.05, 4.69) is 0 Å². The van der Waals surface area contributed by atoms with E-state index in [0.717, 1.165) is 11.1 Å². The maximum atomic E-state index is 12.4. The molecule has 1 aliphatic rings. The Morgan fingerprint density at radius 1 is 1.21 bits per heavy atom. The minimum absolute atomic E-state index is 0.214. The molecule has 5 nitrogen and oxygen atoms in total. The maximum absolute atomic E-state index is 12.4. The van der Waals surface area contributed by atoms with Crippen molar-refractivity contribution < 1.29 is 14.3 Å². The molecule has 5 heteroatoms. The Balaban J connectivity index is 1.72. The number of nitrogen functional groups attached to an aromatic ring is 1. The molecule has 122 valence electrons. The van der Waals surface area contributed by atoms with E-state index in [1.54, 1.807) is 18.2 Å². The minimum atomic E-state index is -0.599. The van der Waals surface area contributed by atoms with Crippen LogP contribution in [0.5, 0.6) is 0 Å². The lowest BCUT2D eigenvalue weighted by Gasteiger charge is -2.18. The highest BCUT2D eigenvalue weighted by atomic mass is 16.6. The monoisotopic (exact) mass is 322 g/mol. The van der Waals surface area contributed by atoms with Gasteiger partial charge in [-0.1, -0.05) is 42.5 Å². The average Bonchev–Trinajstić information content (AvgIpc) is 2.94. The van der Waals surface area contributed by atoms with E-state index in [0.29, 0.717) is 12.1 Å². The largest absolute Gasteiger partial charge is 0.447 e. The number of amides is 2. The molecule has 1 fully saturated rings. The van der Waals surface area contributed by atoms with Gasteiger partial charge in [0.05, 0.1) is 6.04 Å². The second kappa shape index (κ2) is 7.00. The number of anilines is 1. The summed E-state index contributed by atoms with van der Waals surface area (Å²) in [6.45, 7) is 0.214. The molecule has 1 atom stereocenters. The van der Waals surface area contributed by atoms with Gasteiger partial charge in [-0.3, -0.25) is 4.79 Å². The van der Waals surface area contributed by atoms with Gasteiger partial charge in [0, 0.05) is 11.8 Å². The summed E-state index contributed by atoms with van der Waals surface area (Å²) in [5, 5.41) is 0. The van der Waals surface area contributed by atoms with Crippen molar-refractivity contribution in [2.75, 3.05) is 12.3 Å². The van der Waals surface area contributed by atoms with Gasteiger partial charge in [-0.25, -0.2) is 9.69 Å². The van der Waals surface area contributed by atoms with Gasteiger partial charge in [0.25, 0.3) is 5.91 Å². The standard InChI is InChI=1S/C19H18N2O3/c20-16-8-4-7-15(11-16)9-10-18(22)21-17(13-24-19(21)23)12-14-5-2-1-3-6-14/h1-11,17H,12-13,20H2/b10-9+. The quantitative estimate of drug-likeness (QED) is 0.694. The van der Waals surface area contributed by atoms with Crippen molar-refractivity contribution in [3.63, 3.8) is 0 Å². The summed E-state index contributed by atoms with van der Waals surface area (Å²) in [7, 11) is 0. The minimum Gasteiger partial charge on any atom is -0.447 e. The number of hydrogen-bond acceptors (Lipinski definition) is 4. The normalized spacial score (nSPS) is 17.2. The van der Waals surface area contributed by atoms with E-state index < -0.39 is 6.09 Å². The van der Waals surface area contributed by atoms with Crippen LogP contribution in [0.15, 0.2) is 60.7 Å². The highest BCUT2D eigenvalue weighted by Crippen LogP contribution is 2.18. The van der Waals surface area contributed by atoms with Crippen molar-refractivity contribution >= 4 is 23.8 Å². The van der Waals surface area contributed by atoms with Crippen molar-refractivity contribution in [1.29, 1.82) is 0 Å². The summed E-state index contributed by atoms with van der Waals surface area (Å²) < 4.78 is 5.05. The summed E-state index contributed by atoms with van der Waals surface area (Å²) in [5.41, 5.74) is 8.19. The molecule has 24 heavy (non-hydrogen) atoms. The van der Waals surface area contributed by atoms with Crippen molar-refractivity contribution in [3.8, 4) is 0 Å². The number of nitrogens with two attached hydrogens (primary N) is 1. The predicted molar refractivity (Wildman–Crippen MR) is 92.0 cm³/mol. The van der Waals surface area contributed by atoms with Gasteiger partial charge < -0.3 is 10.5 Å². The van der Waals surface area contributed by atoms with Crippen LogP contribution in [0.25, 0.3) is 6.08 Å². The van der Waals surface area contributed by atoms with E-state index in [1.807, 2.05) is 42.5 Å². The summed E-state index contributed by atoms with van der Waals surface area (Å²) in [6.07, 6.45) is 2.99. The molecule has 0 spiro atoms. The second-order valence-electron chi connectivity index (χ2n) is 5.63. The number of nitrogens with zero attached hydrogens (tertiary/aromatic N) is 1. The smallest absolute Gasteiger partial charge is 0.417 e. The number of hydrogen-bond donors (Lipinski definition) is 1. The fourth-order valence-corrected chi connectivity index (χ4v) is 2.68. The summed E-state index contributed by atoms with van der Waals surface area (Å²) in [6, 6.07) is 16.6. The average molecular weight is 322 g/mol. The van der Waals surface area contributed by atoms with Crippen molar-refractivity contribution in [2.45, 2.75) is 12.5 Å². The van der Waals surface area contributed by atoms with Crippen LogP contribution in [0.1, 0.15) is 11.1 Å². The first-order chi connectivity index (χ1) is 11.6. The third kappa shape index (κ3) is 3.63. The van der Waals surface area contributed by atoms with Crippen LogP contribution in [0.3, 0.4) is 0 Å². The highest BCUT2D eigenvalue weighted by molar-refractivity contribution is 6.02. The Morgan fingerprint density at radius 2 is 2.00 bits per heavy atom. The SMILES string of the molecule is Nc1cccc(/C=C/C(=O)N2C(=O)OCC2Cc2ccccc2)c1. The van der Waals surface area contributed by atoms with E-state index >= 15 is 0 Å². The van der Waals surface area contributed by atoms with Crippen LogP contribution in [0.2, 0.25) is 0 Å². The zero-order chi connectivity index (χ0) is 16.9. The van der Waals surface area contributed by atoms with Crippen LogP contribution in [-0.4, -0.2) is 29.5 Å². The molecule has 1 unspecified atom stereocenters. The van der Waals surface area contributed by atoms with Gasteiger partial charge in [0.2, 0.25) is 0 Å². The zero-order valence-corrected chi connectivity index (χ0v) is 13.1. The van der Waals surface area contributed by atoms with Crippen molar-refractivity contribution in [3.05, 3.63) is 71.8 Å². The molecule has 1 heterocycles. The van der Waals surface area contributed by atoms with E-state index in [4.69, 9.17) is 10.5 Å². The molecule has 0 radical (unpaired) electrons. The summed E-state index contributed by atoms with van der Waals surface area (Å²) >= 11 is 0. The molecule has 1 saturated heterocycles. The number of benzene rings is 2. The lowest BCUT2D eigenvalue weighted by atomic mass is 10.1. The first kappa shape index (κ1) is 15.8. The van der Waals surface area contributed by atoms with Crippen LogP contribution in [0, 0.1) is 0 Å². The first-order valence-electron chi connectivity index (χ1n) is 7.71. The Bertz CT molecular complexity index is 771. The van der Waals surface area contributed by atoms with Gasteiger partial charge >= 0.3 is 6.09 Å². The summed E-state index contributed by atoms with van der Waals surface area (Å²) in [4.78, 5) is 25.5. The second-order valence-corrected chi connectivity index (χ2v) is 5.63. The topological polar surface area (TPSA) is 72.6 Å². The molecule has 2 amide bonds. The summed E-state index contributed by atoms with van der Waals surface area (Å²) in [5.74, 6) is -0.388. The van der Waals surface area contributed by atoms with E-state index in [1.165, 1.54) is 11.0 Å². The Morgan fingerprint density at radius 3 is 2.75 bits per heavy atom. The molecule has 2 N–H and O–H groups in total. The Kier molecular flexibility index (Phi) is 4.61. The third-order valence-electron chi connectivity index (χ3n) is 3.84. The lowest BCUT2D eigenvalue weighted by molar-refractivity contribution is -0.124. The third-order valence-corrected chi connectivity index (χ3v) is 3.84. The number of rotatable bonds is 4. The maximum Gasteiger partial charge on any atom is 0.417 e. The lowest BCUT2D eigenvalue weighted by Crippen LogP contribution is -2.39. The molecule has 2 aromatic carbocycles. The number of carbonyl (C=O) groups excluding carboxylic acids is 2. The number of carbonyl (C=O) groups is 2. The predicted octanol–water partition coefficient (Wildman–Crippen LogP) is 2.87. The number of ether oxygens (including phenoxy) is 1. The first-order valence-corrected chi connectivity index (χ1v) is 7.71. The highest BCUT2D eigenvalue weighted by Gasteiger charge is 2.36. The van der Waals surface area contributed by atoms with Crippen molar-refractivity contribution in [2.24, 2.45) is 0 Å². The fourth-order valence-electron chi connectivity index (χ4n) is 2.68. The molecule has 0 aromatic heterocycles. The van der Waals surface area contributed by atoms with Gasteiger partial charge in [-0.15, -0.1) is 0 Å². The molecular formula is C19H18N2O3. The number of imide groups is 1. The molecule has 0 aliphatic carbocycles. The Hall–Kier alpha value is -3.08. The van der Waals surface area contributed by atoms with Crippen LogP contribution in [0.4, 0.5) is 10.5 Å². The van der Waals surface area contributed by atoms with E-state index in [-0.39, 0.29) is 18.6 Å². The number of cyclic esters (lactones) is 1. The van der Waals surface area contributed by atoms with Crippen molar-refractivity contribution in [1.82, 2.24) is 4.90 Å². The van der Waals surface area contributed by atoms with Gasteiger partial charge in [-0.2, -0.15) is 0 Å². The molecule has 0 bridgehead atoms. The molecule has 0 saturated carbocycles. The van der Waals surface area contributed by atoms with Gasteiger partial charge in [0.15, 0.2) is 0 Å².